The Morgan fingerprint density at radius 3 is 2.83 bits per heavy atom. The van der Waals surface area contributed by atoms with Gasteiger partial charge in [-0.25, -0.2) is 0 Å². The van der Waals surface area contributed by atoms with E-state index in [9.17, 15) is 5.26 Å². The molecule has 1 aromatic carbocycles. The Morgan fingerprint density at radius 2 is 2.06 bits per heavy atom. The maximum atomic E-state index is 9.39. The van der Waals surface area contributed by atoms with Crippen molar-refractivity contribution in [3.05, 3.63) is 65.3 Å². The fourth-order valence-corrected chi connectivity index (χ4v) is 3.58. The minimum Gasteiger partial charge on any atom is -0.196 e. The maximum absolute atomic E-state index is 9.39. The molecule has 0 radical (unpaired) electrons. The molecule has 2 aliphatic rings. The van der Waals surface area contributed by atoms with Crippen molar-refractivity contribution in [1.29, 1.82) is 5.26 Å². The van der Waals surface area contributed by atoms with Crippen molar-refractivity contribution in [3.8, 4) is 6.07 Å². The second-order valence-electron chi connectivity index (χ2n) is 4.33. The quantitative estimate of drug-likeness (QED) is 0.615. The van der Waals surface area contributed by atoms with Gasteiger partial charge in [0, 0.05) is 0 Å². The van der Waals surface area contributed by atoms with E-state index in [0.717, 1.165) is 11.1 Å². The van der Waals surface area contributed by atoms with Crippen molar-refractivity contribution in [3.63, 3.8) is 0 Å². The summed E-state index contributed by atoms with van der Waals surface area (Å²) in [4.78, 5) is 0.151. The van der Waals surface area contributed by atoms with Crippen LogP contribution in [0.2, 0.25) is 0 Å². The molecular formula is C15H9Br2N. The Labute approximate surface area is 123 Å². The molecule has 0 bridgehead atoms. The summed E-state index contributed by atoms with van der Waals surface area (Å²) in [6, 6.07) is 10.6. The Kier molecular flexibility index (Phi) is 2.80. The first kappa shape index (κ1) is 12.0. The second-order valence-corrected chi connectivity index (χ2v) is 6.57. The average Bonchev–Trinajstić information content (AvgIpc) is 2.41. The summed E-state index contributed by atoms with van der Waals surface area (Å²) in [6.07, 6.45) is 8.00. The van der Waals surface area contributed by atoms with E-state index in [1.165, 1.54) is 11.1 Å². The molecule has 0 heterocycles. The van der Waals surface area contributed by atoms with Crippen LogP contribution in [0.4, 0.5) is 0 Å². The lowest BCUT2D eigenvalue weighted by molar-refractivity contribution is 1.05. The number of allylic oxidation sites excluding steroid dienone is 6. The number of alkyl halides is 2. The minimum absolute atomic E-state index is 0.151. The zero-order valence-electron chi connectivity index (χ0n) is 9.40. The summed E-state index contributed by atoms with van der Waals surface area (Å²) in [7, 11) is 0. The highest BCUT2D eigenvalue weighted by molar-refractivity contribution is 9.10. The Hall–Kier alpha value is -1.11. The molecule has 3 heteroatoms. The predicted molar refractivity (Wildman–Crippen MR) is 80.6 cm³/mol. The topological polar surface area (TPSA) is 23.8 Å². The van der Waals surface area contributed by atoms with E-state index in [1.54, 1.807) is 0 Å². The maximum Gasteiger partial charge on any atom is 0.155 e. The molecular weight excluding hydrogens is 354 g/mol. The molecule has 1 aromatic rings. The number of nitriles is 1. The van der Waals surface area contributed by atoms with Gasteiger partial charge in [-0.05, 0) is 28.3 Å². The van der Waals surface area contributed by atoms with Crippen LogP contribution in [-0.2, 0) is 0 Å². The molecule has 2 atom stereocenters. The average molecular weight is 363 g/mol. The number of hydrogen-bond donors (Lipinski definition) is 0. The van der Waals surface area contributed by atoms with Crippen LogP contribution in [0.25, 0.3) is 5.57 Å². The van der Waals surface area contributed by atoms with E-state index < -0.39 is 4.32 Å². The summed E-state index contributed by atoms with van der Waals surface area (Å²) in [5.41, 5.74) is 4.59. The second kappa shape index (κ2) is 4.22. The van der Waals surface area contributed by atoms with E-state index in [1.807, 2.05) is 24.3 Å². The summed E-state index contributed by atoms with van der Waals surface area (Å²) in [5, 5.41) is 9.39. The van der Waals surface area contributed by atoms with Gasteiger partial charge in [-0.2, -0.15) is 5.26 Å². The van der Waals surface area contributed by atoms with Crippen molar-refractivity contribution in [2.75, 3.05) is 0 Å². The predicted octanol–water partition coefficient (Wildman–Crippen LogP) is 4.67. The summed E-state index contributed by atoms with van der Waals surface area (Å²) < 4.78 is -0.712. The number of benzene rings is 1. The molecule has 0 aromatic heterocycles. The number of fused-ring (bicyclic) bond motifs is 3. The van der Waals surface area contributed by atoms with Crippen molar-refractivity contribution < 1.29 is 0 Å². The SMILES string of the molecule is N#CC1(Br)C=CC=C2C1=CC(Br)c1ccccc12. The first-order valence-electron chi connectivity index (χ1n) is 5.61. The van der Waals surface area contributed by atoms with Gasteiger partial charge in [0.15, 0.2) is 4.32 Å². The van der Waals surface area contributed by atoms with E-state index in [0.29, 0.717) is 0 Å². The molecule has 0 N–H and O–H groups in total. The van der Waals surface area contributed by atoms with Gasteiger partial charge < -0.3 is 0 Å². The monoisotopic (exact) mass is 361 g/mol. The Morgan fingerprint density at radius 1 is 1.28 bits per heavy atom. The largest absolute Gasteiger partial charge is 0.196 e. The molecule has 0 aliphatic heterocycles. The minimum atomic E-state index is -0.712. The smallest absolute Gasteiger partial charge is 0.155 e. The van der Waals surface area contributed by atoms with Gasteiger partial charge in [0.2, 0.25) is 0 Å². The van der Waals surface area contributed by atoms with Crippen LogP contribution in [0.5, 0.6) is 0 Å². The lowest BCUT2D eigenvalue weighted by atomic mass is 9.79. The normalized spacial score (nSPS) is 28.6. The van der Waals surface area contributed by atoms with Gasteiger partial charge >= 0.3 is 0 Å². The highest BCUT2D eigenvalue weighted by Gasteiger charge is 2.36. The highest BCUT2D eigenvalue weighted by atomic mass is 79.9. The fourth-order valence-electron chi connectivity index (χ4n) is 2.41. The molecule has 0 spiro atoms. The van der Waals surface area contributed by atoms with E-state index in [2.05, 4.69) is 62.2 Å². The van der Waals surface area contributed by atoms with Crippen LogP contribution in [0.15, 0.2) is 54.1 Å². The first-order valence-corrected chi connectivity index (χ1v) is 7.32. The molecule has 3 rings (SSSR count). The van der Waals surface area contributed by atoms with Crippen molar-refractivity contribution in [2.24, 2.45) is 0 Å². The molecule has 2 aliphatic carbocycles. The number of rotatable bonds is 0. The number of nitrogens with zero attached hydrogens (tertiary/aromatic N) is 1. The van der Waals surface area contributed by atoms with E-state index in [-0.39, 0.29) is 4.83 Å². The standard InChI is InChI=1S/C15H9Br2N/c16-14-8-13-11(6-3-7-15(13,17)9-18)10-4-1-2-5-12(10)14/h1-8,14H. The van der Waals surface area contributed by atoms with Gasteiger partial charge in [-0.15, -0.1) is 0 Å². The van der Waals surface area contributed by atoms with Crippen LogP contribution in [0.3, 0.4) is 0 Å². The molecule has 0 fully saturated rings. The van der Waals surface area contributed by atoms with Crippen molar-refractivity contribution in [1.82, 2.24) is 0 Å². The summed E-state index contributed by atoms with van der Waals surface area (Å²) >= 11 is 7.21. The molecule has 88 valence electrons. The van der Waals surface area contributed by atoms with E-state index in [4.69, 9.17) is 0 Å². The first-order chi connectivity index (χ1) is 8.65. The molecule has 1 nitrogen and oxygen atoms in total. The molecule has 18 heavy (non-hydrogen) atoms. The van der Waals surface area contributed by atoms with Gasteiger partial charge in [0.05, 0.1) is 10.9 Å². The molecule has 0 saturated carbocycles. The fraction of sp³-hybridized carbons (Fsp3) is 0.133. The van der Waals surface area contributed by atoms with Crippen molar-refractivity contribution >= 4 is 37.4 Å². The zero-order valence-corrected chi connectivity index (χ0v) is 12.6. The molecule has 0 saturated heterocycles. The molecule has 0 amide bonds. The number of hydrogen-bond acceptors (Lipinski definition) is 1. The van der Waals surface area contributed by atoms with Gasteiger partial charge in [-0.1, -0.05) is 74.4 Å². The lowest BCUT2D eigenvalue weighted by Crippen LogP contribution is -2.24. The van der Waals surface area contributed by atoms with Crippen LogP contribution < -0.4 is 0 Å². The summed E-state index contributed by atoms with van der Waals surface area (Å²) in [6.45, 7) is 0. The van der Waals surface area contributed by atoms with Gasteiger partial charge in [0.25, 0.3) is 0 Å². The third kappa shape index (κ3) is 1.64. The van der Waals surface area contributed by atoms with Crippen molar-refractivity contribution in [2.45, 2.75) is 9.15 Å². The Bertz CT molecular complexity index is 649. The van der Waals surface area contributed by atoms with Gasteiger partial charge in [-0.3, -0.25) is 0 Å². The zero-order chi connectivity index (χ0) is 12.8. The van der Waals surface area contributed by atoms with Crippen LogP contribution >= 0.6 is 31.9 Å². The molecule has 2 unspecified atom stereocenters. The highest BCUT2D eigenvalue weighted by Crippen LogP contribution is 2.48. The third-order valence-electron chi connectivity index (χ3n) is 3.29. The third-order valence-corrected chi connectivity index (χ3v) is 4.92. The van der Waals surface area contributed by atoms with Crippen LogP contribution in [0.1, 0.15) is 16.0 Å². The lowest BCUT2D eigenvalue weighted by Gasteiger charge is -2.31. The van der Waals surface area contributed by atoms with Crippen LogP contribution in [-0.4, -0.2) is 4.32 Å². The van der Waals surface area contributed by atoms with E-state index >= 15 is 0 Å². The Balaban J connectivity index is 2.26. The number of halogens is 2. The summed E-state index contributed by atoms with van der Waals surface area (Å²) in [5.74, 6) is 0. The van der Waals surface area contributed by atoms with Crippen LogP contribution in [0, 0.1) is 11.3 Å². The van der Waals surface area contributed by atoms with Gasteiger partial charge in [0.1, 0.15) is 0 Å².